The lowest BCUT2D eigenvalue weighted by Gasteiger charge is -2.36. The molecule has 1 unspecified atom stereocenters. The predicted molar refractivity (Wildman–Crippen MR) is 69.1 cm³/mol. The van der Waals surface area contributed by atoms with Crippen molar-refractivity contribution in [1.29, 1.82) is 0 Å². The topological polar surface area (TPSA) is 32.7 Å². The van der Waals surface area contributed by atoms with Crippen LogP contribution in [0.25, 0.3) is 0 Å². The fourth-order valence-corrected chi connectivity index (χ4v) is 3.08. The van der Waals surface area contributed by atoms with Gasteiger partial charge in [0.15, 0.2) is 0 Å². The summed E-state index contributed by atoms with van der Waals surface area (Å²) in [6.45, 7) is 5.29. The highest BCUT2D eigenvalue weighted by molar-refractivity contribution is 4.94. The minimum absolute atomic E-state index is 0.144. The van der Waals surface area contributed by atoms with Crippen molar-refractivity contribution in [2.75, 3.05) is 20.2 Å². The Hall–Kier alpha value is -0.120. The van der Waals surface area contributed by atoms with Crippen LogP contribution in [-0.4, -0.2) is 47.4 Å². The lowest BCUT2D eigenvalue weighted by atomic mass is 9.98. The van der Waals surface area contributed by atoms with Crippen molar-refractivity contribution in [3.63, 3.8) is 0 Å². The van der Waals surface area contributed by atoms with Crippen LogP contribution in [0.2, 0.25) is 0 Å². The van der Waals surface area contributed by atoms with Gasteiger partial charge in [0.2, 0.25) is 0 Å². The first-order chi connectivity index (χ1) is 7.97. The van der Waals surface area contributed by atoms with E-state index in [9.17, 15) is 5.11 Å². The van der Waals surface area contributed by atoms with Gasteiger partial charge in [-0.2, -0.15) is 0 Å². The standard InChI is InChI=1S/C14H27NO2/c1-13(2,11-16)15(3)10-12-6-9-14(17-12)7-4-5-8-14/h12,16H,4-11H2,1-3H3. The normalized spacial score (nSPS) is 28.4. The van der Waals surface area contributed by atoms with E-state index in [-0.39, 0.29) is 17.7 Å². The third-order valence-corrected chi connectivity index (χ3v) is 4.75. The summed E-state index contributed by atoms with van der Waals surface area (Å²) in [6.07, 6.45) is 7.99. The lowest BCUT2D eigenvalue weighted by molar-refractivity contribution is -0.0575. The van der Waals surface area contributed by atoms with Gasteiger partial charge in [0.05, 0.1) is 18.3 Å². The Balaban J connectivity index is 1.85. The molecule has 2 rings (SSSR count). The van der Waals surface area contributed by atoms with Crippen LogP contribution >= 0.6 is 0 Å². The van der Waals surface area contributed by atoms with E-state index in [0.717, 1.165) is 6.54 Å². The second-order valence-corrected chi connectivity index (χ2v) is 6.52. The maximum atomic E-state index is 9.36. The van der Waals surface area contributed by atoms with E-state index in [4.69, 9.17) is 4.74 Å². The Morgan fingerprint density at radius 3 is 2.53 bits per heavy atom. The summed E-state index contributed by atoms with van der Waals surface area (Å²) < 4.78 is 6.30. The first kappa shape index (κ1) is 13.3. The zero-order valence-electron chi connectivity index (χ0n) is 11.5. The van der Waals surface area contributed by atoms with Crippen molar-refractivity contribution < 1.29 is 9.84 Å². The molecule has 1 N–H and O–H groups in total. The third kappa shape index (κ3) is 2.83. The van der Waals surface area contributed by atoms with Gasteiger partial charge in [-0.1, -0.05) is 12.8 Å². The average molecular weight is 241 g/mol. The maximum absolute atomic E-state index is 9.36. The molecule has 1 heterocycles. The molecular formula is C14H27NO2. The van der Waals surface area contributed by atoms with Crippen LogP contribution in [0.15, 0.2) is 0 Å². The van der Waals surface area contributed by atoms with Gasteiger partial charge >= 0.3 is 0 Å². The average Bonchev–Trinajstić information content (AvgIpc) is 2.90. The van der Waals surface area contributed by atoms with Crippen LogP contribution in [0, 0.1) is 0 Å². The summed E-state index contributed by atoms with van der Waals surface area (Å²) in [5.41, 5.74) is 0.0870. The minimum Gasteiger partial charge on any atom is -0.394 e. The van der Waals surface area contributed by atoms with Crippen molar-refractivity contribution in [2.45, 2.75) is 69.6 Å². The SMILES string of the molecule is CN(CC1CCC2(CCCC2)O1)C(C)(C)CO. The molecule has 1 atom stereocenters. The number of ether oxygens (including phenoxy) is 1. The van der Waals surface area contributed by atoms with E-state index in [0.29, 0.717) is 6.10 Å². The molecule has 1 saturated carbocycles. The van der Waals surface area contributed by atoms with Gasteiger partial charge in [0, 0.05) is 12.1 Å². The zero-order chi connectivity index (χ0) is 12.5. The van der Waals surface area contributed by atoms with Gasteiger partial charge in [-0.05, 0) is 46.6 Å². The van der Waals surface area contributed by atoms with Gasteiger partial charge in [-0.25, -0.2) is 0 Å². The highest BCUT2D eigenvalue weighted by Crippen LogP contribution is 2.43. The Kier molecular flexibility index (Phi) is 3.81. The molecule has 1 aliphatic heterocycles. The van der Waals surface area contributed by atoms with Gasteiger partial charge in [-0.3, -0.25) is 4.90 Å². The van der Waals surface area contributed by atoms with E-state index in [1.807, 2.05) is 0 Å². The second kappa shape index (κ2) is 4.87. The lowest BCUT2D eigenvalue weighted by Crippen LogP contribution is -2.47. The zero-order valence-corrected chi connectivity index (χ0v) is 11.5. The Bertz CT molecular complexity index is 259. The molecule has 3 nitrogen and oxygen atoms in total. The smallest absolute Gasteiger partial charge is 0.0710 e. The van der Waals surface area contributed by atoms with Crippen molar-refractivity contribution in [3.8, 4) is 0 Å². The fraction of sp³-hybridized carbons (Fsp3) is 1.00. The molecule has 2 aliphatic rings. The summed E-state index contributed by atoms with van der Waals surface area (Å²) in [7, 11) is 2.08. The van der Waals surface area contributed by atoms with Crippen LogP contribution in [0.1, 0.15) is 52.4 Å². The van der Waals surface area contributed by atoms with Gasteiger partial charge in [0.25, 0.3) is 0 Å². The molecule has 2 fully saturated rings. The molecule has 1 spiro atoms. The Morgan fingerprint density at radius 1 is 1.29 bits per heavy atom. The largest absolute Gasteiger partial charge is 0.394 e. The quantitative estimate of drug-likeness (QED) is 0.819. The molecule has 0 aromatic carbocycles. The van der Waals surface area contributed by atoms with E-state index in [1.54, 1.807) is 0 Å². The predicted octanol–water partition coefficient (Wildman–Crippen LogP) is 2.18. The molecule has 1 aliphatic carbocycles. The second-order valence-electron chi connectivity index (χ2n) is 6.52. The molecule has 100 valence electrons. The monoisotopic (exact) mass is 241 g/mol. The molecule has 0 bridgehead atoms. The molecular weight excluding hydrogens is 214 g/mol. The van der Waals surface area contributed by atoms with Crippen LogP contribution < -0.4 is 0 Å². The van der Waals surface area contributed by atoms with Crippen molar-refractivity contribution in [2.24, 2.45) is 0 Å². The van der Waals surface area contributed by atoms with Crippen molar-refractivity contribution in [1.82, 2.24) is 4.90 Å². The van der Waals surface area contributed by atoms with Crippen LogP contribution in [0.4, 0.5) is 0 Å². The molecule has 0 amide bonds. The van der Waals surface area contributed by atoms with Gasteiger partial charge in [-0.15, -0.1) is 0 Å². The summed E-state index contributed by atoms with van der Waals surface area (Å²) in [4.78, 5) is 2.23. The molecule has 3 heteroatoms. The Morgan fingerprint density at radius 2 is 1.94 bits per heavy atom. The van der Waals surface area contributed by atoms with Gasteiger partial charge < -0.3 is 9.84 Å². The summed E-state index contributed by atoms with van der Waals surface area (Å²) in [6, 6.07) is 0. The van der Waals surface area contributed by atoms with E-state index in [1.165, 1.54) is 38.5 Å². The Labute approximate surface area is 105 Å². The highest BCUT2D eigenvalue weighted by atomic mass is 16.5. The summed E-state index contributed by atoms with van der Waals surface area (Å²) >= 11 is 0. The van der Waals surface area contributed by atoms with Crippen LogP contribution in [0.3, 0.4) is 0 Å². The first-order valence-electron chi connectivity index (χ1n) is 6.97. The van der Waals surface area contributed by atoms with Gasteiger partial charge in [0.1, 0.15) is 0 Å². The van der Waals surface area contributed by atoms with Crippen molar-refractivity contribution >= 4 is 0 Å². The number of hydrogen-bond acceptors (Lipinski definition) is 3. The fourth-order valence-electron chi connectivity index (χ4n) is 3.08. The number of aliphatic hydroxyl groups excluding tert-OH is 1. The number of hydrogen-bond donors (Lipinski definition) is 1. The molecule has 0 aromatic rings. The molecule has 1 saturated heterocycles. The summed E-state index contributed by atoms with van der Waals surface area (Å²) in [5, 5.41) is 9.36. The van der Waals surface area contributed by atoms with Crippen LogP contribution in [-0.2, 0) is 4.74 Å². The molecule has 0 aromatic heterocycles. The third-order valence-electron chi connectivity index (χ3n) is 4.75. The van der Waals surface area contributed by atoms with E-state index in [2.05, 4.69) is 25.8 Å². The number of aliphatic hydroxyl groups is 1. The van der Waals surface area contributed by atoms with E-state index < -0.39 is 0 Å². The van der Waals surface area contributed by atoms with Crippen LogP contribution in [0.5, 0.6) is 0 Å². The number of likely N-dealkylation sites (N-methyl/N-ethyl adjacent to an activating group) is 1. The van der Waals surface area contributed by atoms with Crippen molar-refractivity contribution in [3.05, 3.63) is 0 Å². The summed E-state index contributed by atoms with van der Waals surface area (Å²) in [5.74, 6) is 0. The maximum Gasteiger partial charge on any atom is 0.0710 e. The number of rotatable bonds is 4. The first-order valence-corrected chi connectivity index (χ1v) is 6.97. The highest BCUT2D eigenvalue weighted by Gasteiger charge is 2.42. The molecule has 0 radical (unpaired) electrons. The minimum atomic E-state index is -0.144. The molecule has 17 heavy (non-hydrogen) atoms. The van der Waals surface area contributed by atoms with E-state index >= 15 is 0 Å². The number of nitrogens with zero attached hydrogens (tertiary/aromatic N) is 1.